The van der Waals surface area contributed by atoms with Crippen LogP contribution in [-0.4, -0.2) is 14.8 Å². The van der Waals surface area contributed by atoms with E-state index in [-0.39, 0.29) is 6.71 Å². The summed E-state index contributed by atoms with van der Waals surface area (Å²) in [7, 11) is -2.86. The van der Waals surface area contributed by atoms with Gasteiger partial charge in [0, 0.05) is 60.3 Å². The number of benzene rings is 10. The van der Waals surface area contributed by atoms with Crippen molar-refractivity contribution in [1.82, 2.24) is 0 Å². The molecule has 0 N–H and O–H groups in total. The molecule has 0 saturated heterocycles. The molecule has 3 aliphatic rings. The Labute approximate surface area is 421 Å². The van der Waals surface area contributed by atoms with Crippen LogP contribution in [0.5, 0.6) is 0 Å². The van der Waals surface area contributed by atoms with Crippen LogP contribution < -0.4 is 51.8 Å². The molecule has 338 valence electrons. The maximum absolute atomic E-state index is 2.86. The molecule has 0 amide bonds. The van der Waals surface area contributed by atoms with Crippen molar-refractivity contribution in [2.75, 3.05) is 14.7 Å². The smallest absolute Gasteiger partial charge is 0.252 e. The van der Waals surface area contributed by atoms with E-state index in [2.05, 4.69) is 262 Å². The first-order valence-corrected chi connectivity index (χ1v) is 27.7. The minimum atomic E-state index is -2.86. The van der Waals surface area contributed by atoms with Crippen LogP contribution in [0.1, 0.15) is 27.8 Å². The number of thiophene rings is 1. The first-order chi connectivity index (χ1) is 34.8. The van der Waals surface area contributed by atoms with Crippen molar-refractivity contribution >= 4 is 135 Å². The Kier molecular flexibility index (Phi) is 9.36. The Hall–Kier alpha value is -7.90. The molecule has 10 aromatic carbocycles. The van der Waals surface area contributed by atoms with Crippen molar-refractivity contribution in [1.29, 1.82) is 0 Å². The van der Waals surface area contributed by atoms with E-state index in [0.717, 1.165) is 11.4 Å². The minimum Gasteiger partial charge on any atom is -0.311 e. The van der Waals surface area contributed by atoms with Gasteiger partial charge in [-0.3, -0.25) is 0 Å². The summed E-state index contributed by atoms with van der Waals surface area (Å²) in [6, 6.07) is 81.3. The number of hydrogen-bond acceptors (Lipinski definition) is 4. The molecule has 14 rings (SSSR count). The zero-order chi connectivity index (χ0) is 47.7. The van der Waals surface area contributed by atoms with Gasteiger partial charge in [-0.2, -0.15) is 0 Å². The van der Waals surface area contributed by atoms with Gasteiger partial charge in [0.05, 0.1) is 5.69 Å². The summed E-state index contributed by atoms with van der Waals surface area (Å²) in [6.45, 7) is 11.3. The average Bonchev–Trinajstić information content (AvgIpc) is 3.76. The Morgan fingerprint density at radius 2 is 0.930 bits per heavy atom. The van der Waals surface area contributed by atoms with Gasteiger partial charge in [-0.1, -0.05) is 168 Å². The summed E-state index contributed by atoms with van der Waals surface area (Å²) in [6.07, 6.45) is 0. The van der Waals surface area contributed by atoms with E-state index in [9.17, 15) is 0 Å². The van der Waals surface area contributed by atoms with Crippen molar-refractivity contribution < 1.29 is 0 Å². The summed E-state index contributed by atoms with van der Waals surface area (Å²) >= 11 is 1.89. The molecule has 0 radical (unpaired) electrons. The predicted octanol–water partition coefficient (Wildman–Crippen LogP) is 12.8. The number of nitrogens with zero attached hydrogens (tertiary/aromatic N) is 3. The van der Waals surface area contributed by atoms with Gasteiger partial charge in [0.1, 0.15) is 0 Å². The molecule has 0 unspecified atom stereocenters. The summed E-state index contributed by atoms with van der Waals surface area (Å²) < 4.78 is 2.63. The lowest BCUT2D eigenvalue weighted by Gasteiger charge is -2.46. The lowest BCUT2D eigenvalue weighted by atomic mass is 9.33. The van der Waals surface area contributed by atoms with Gasteiger partial charge >= 0.3 is 0 Å². The van der Waals surface area contributed by atoms with Gasteiger partial charge in [0.15, 0.2) is 8.07 Å². The van der Waals surface area contributed by atoms with Gasteiger partial charge < -0.3 is 14.7 Å². The highest BCUT2D eigenvalue weighted by molar-refractivity contribution is 7.26. The quantitative estimate of drug-likeness (QED) is 0.159. The van der Waals surface area contributed by atoms with Crippen molar-refractivity contribution in [3.63, 3.8) is 0 Å². The highest BCUT2D eigenvalue weighted by Gasteiger charge is 2.50. The molecule has 0 fully saturated rings. The second kappa shape index (κ2) is 15.8. The van der Waals surface area contributed by atoms with E-state index in [1.54, 1.807) is 0 Å². The fourth-order valence-corrected chi connectivity index (χ4v) is 19.3. The zero-order valence-corrected chi connectivity index (χ0v) is 42.4. The van der Waals surface area contributed by atoms with E-state index >= 15 is 0 Å². The second-order valence-corrected chi connectivity index (χ2v) is 24.8. The Morgan fingerprint density at radius 1 is 0.366 bits per heavy atom. The molecule has 11 aromatic rings. The Morgan fingerprint density at radius 3 is 1.58 bits per heavy atom. The van der Waals surface area contributed by atoms with E-state index < -0.39 is 8.07 Å². The van der Waals surface area contributed by atoms with Crippen LogP contribution in [0.3, 0.4) is 0 Å². The molecule has 4 heterocycles. The molecule has 0 saturated carbocycles. The van der Waals surface area contributed by atoms with Crippen LogP contribution in [0.2, 0.25) is 0 Å². The largest absolute Gasteiger partial charge is 0.311 e. The van der Waals surface area contributed by atoms with E-state index in [1.807, 2.05) is 11.3 Å². The van der Waals surface area contributed by atoms with Crippen LogP contribution in [0, 0.1) is 34.6 Å². The molecule has 6 heteroatoms. The summed E-state index contributed by atoms with van der Waals surface area (Å²) in [5.41, 5.74) is 21.2. The number of para-hydroxylation sites is 1. The predicted molar refractivity (Wildman–Crippen MR) is 309 cm³/mol. The lowest BCUT2D eigenvalue weighted by molar-refractivity contribution is 1.19. The normalized spacial score (nSPS) is 14.0. The van der Waals surface area contributed by atoms with Crippen LogP contribution in [0.4, 0.5) is 51.2 Å². The fourth-order valence-electron chi connectivity index (χ4n) is 12.9. The number of aryl methyl sites for hydroxylation is 5. The number of hydrogen-bond donors (Lipinski definition) is 0. The molecular weight excluding hydrogens is 894 g/mol. The first kappa shape index (κ1) is 42.0. The number of anilines is 9. The SMILES string of the molecule is Cc1cc(C)c(N2c3cc(N4c5ccc(C)cc5[Si](c5ccccc5)(c5ccccc5)c5cc(C)ccc54)ccc3B3c4cc5c(cc4N(c4ccccc4)c4cccc2c43)sc2ccccc25)c(C)c1. The summed E-state index contributed by atoms with van der Waals surface area (Å²) in [5, 5.41) is 8.26. The molecule has 71 heavy (non-hydrogen) atoms. The third-order valence-corrected chi connectivity index (χ3v) is 21.6. The summed E-state index contributed by atoms with van der Waals surface area (Å²) in [5.74, 6) is 0. The molecule has 3 aliphatic heterocycles. The van der Waals surface area contributed by atoms with Crippen LogP contribution in [0.25, 0.3) is 20.2 Å². The van der Waals surface area contributed by atoms with E-state index in [0.29, 0.717) is 0 Å². The van der Waals surface area contributed by atoms with Gasteiger partial charge in [-0.25, -0.2) is 0 Å². The van der Waals surface area contributed by atoms with Gasteiger partial charge in [-0.05, 0) is 149 Å². The molecule has 0 aliphatic carbocycles. The number of fused-ring (bicyclic) bond motifs is 9. The summed E-state index contributed by atoms with van der Waals surface area (Å²) in [4.78, 5) is 7.74. The fraction of sp³-hybridized carbons (Fsp3) is 0.0769. The third kappa shape index (κ3) is 6.08. The number of rotatable bonds is 5. The molecule has 3 nitrogen and oxygen atoms in total. The second-order valence-electron chi connectivity index (χ2n) is 20.0. The van der Waals surface area contributed by atoms with Crippen LogP contribution >= 0.6 is 11.3 Å². The van der Waals surface area contributed by atoms with Gasteiger partial charge in [-0.15, -0.1) is 11.3 Å². The lowest BCUT2D eigenvalue weighted by Crippen LogP contribution is -2.77. The maximum Gasteiger partial charge on any atom is 0.252 e. The van der Waals surface area contributed by atoms with E-state index in [4.69, 9.17) is 0 Å². The first-order valence-electron chi connectivity index (χ1n) is 24.9. The molecular formula is C65H50BN3SSi. The van der Waals surface area contributed by atoms with E-state index in [1.165, 1.54) is 125 Å². The molecule has 1 aromatic heterocycles. The molecule has 0 spiro atoms. The monoisotopic (exact) mass is 943 g/mol. The topological polar surface area (TPSA) is 9.72 Å². The zero-order valence-electron chi connectivity index (χ0n) is 40.5. The van der Waals surface area contributed by atoms with Crippen molar-refractivity contribution in [2.24, 2.45) is 0 Å². The standard InChI is InChI=1S/C65H50BN3SSi/c1-41-28-32-54-62(36-41)71(48-20-11-7-12-21-48,49-22-13-8-14-23-49)63-37-42(2)29-33-55(63)68(54)47-30-31-52-58(38-47)69(65-44(4)34-43(3)35-45(65)5)57-26-17-25-56-64(57)66(52)53-39-51-50-24-15-16-27-60(50)70-61(51)40-59(53)67(56)46-18-9-6-10-19-46/h6-40H,1-5H3. The van der Waals surface area contributed by atoms with Gasteiger partial charge in [0.2, 0.25) is 0 Å². The van der Waals surface area contributed by atoms with Crippen molar-refractivity contribution in [2.45, 2.75) is 34.6 Å². The van der Waals surface area contributed by atoms with Crippen LogP contribution in [0.15, 0.2) is 212 Å². The molecule has 0 bridgehead atoms. The third-order valence-electron chi connectivity index (χ3n) is 15.6. The van der Waals surface area contributed by atoms with Crippen molar-refractivity contribution in [3.8, 4) is 0 Å². The van der Waals surface area contributed by atoms with Crippen LogP contribution in [-0.2, 0) is 0 Å². The molecule has 0 atom stereocenters. The highest BCUT2D eigenvalue weighted by Crippen LogP contribution is 2.49. The Bertz CT molecular complexity index is 3860. The maximum atomic E-state index is 2.62. The minimum absolute atomic E-state index is 0.0203. The van der Waals surface area contributed by atoms with Crippen molar-refractivity contribution in [3.05, 3.63) is 240 Å². The van der Waals surface area contributed by atoms with Gasteiger partial charge in [0.25, 0.3) is 6.71 Å². The Balaban J connectivity index is 1.07. The highest BCUT2D eigenvalue weighted by atomic mass is 32.1. The average molecular weight is 944 g/mol.